The summed E-state index contributed by atoms with van der Waals surface area (Å²) in [6, 6.07) is 1.62. The van der Waals surface area contributed by atoms with E-state index >= 15 is 0 Å². The molecule has 0 saturated carbocycles. The Hall–Kier alpha value is -1.58. The Labute approximate surface area is 96.3 Å². The number of rotatable bonds is 4. The Morgan fingerprint density at radius 1 is 1.56 bits per heavy atom. The van der Waals surface area contributed by atoms with Crippen LogP contribution in [0.15, 0.2) is 18.5 Å². The fourth-order valence-electron chi connectivity index (χ4n) is 1.13. The van der Waals surface area contributed by atoms with Gasteiger partial charge >= 0.3 is 0 Å². The van der Waals surface area contributed by atoms with Crippen LogP contribution in [0.25, 0.3) is 0 Å². The van der Waals surface area contributed by atoms with Crippen molar-refractivity contribution in [1.82, 2.24) is 10.3 Å². The molecule has 0 radical (unpaired) electrons. The smallest absolute Gasteiger partial charge is 0.254 e. The molecule has 1 aromatic rings. The van der Waals surface area contributed by atoms with Crippen LogP contribution in [-0.4, -0.2) is 17.4 Å². The van der Waals surface area contributed by atoms with Gasteiger partial charge in [0.2, 0.25) is 0 Å². The minimum Gasteiger partial charge on any atom is -0.398 e. The number of nitrogens with one attached hydrogen (secondary N) is 1. The molecule has 1 aromatic heterocycles. The molecule has 0 aliphatic rings. The lowest BCUT2D eigenvalue weighted by molar-refractivity contribution is 0.0936. The molecule has 0 aliphatic heterocycles. The highest BCUT2D eigenvalue weighted by atomic mass is 16.1. The molecular formula is C12H19N3O. The topological polar surface area (TPSA) is 68.0 Å². The van der Waals surface area contributed by atoms with Crippen LogP contribution in [0.2, 0.25) is 0 Å². The molecular weight excluding hydrogens is 202 g/mol. The summed E-state index contributed by atoms with van der Waals surface area (Å²) in [5, 5.41) is 2.87. The van der Waals surface area contributed by atoms with E-state index in [1.165, 1.54) is 6.20 Å². The van der Waals surface area contributed by atoms with Crippen molar-refractivity contribution in [3.8, 4) is 0 Å². The molecule has 0 unspecified atom stereocenters. The van der Waals surface area contributed by atoms with Crippen LogP contribution in [0.5, 0.6) is 0 Å². The van der Waals surface area contributed by atoms with Crippen molar-refractivity contribution in [2.75, 3.05) is 12.3 Å². The molecule has 4 nitrogen and oxygen atoms in total. The van der Waals surface area contributed by atoms with Crippen molar-refractivity contribution in [3.63, 3.8) is 0 Å². The van der Waals surface area contributed by atoms with E-state index in [2.05, 4.69) is 31.1 Å². The van der Waals surface area contributed by atoms with E-state index in [1.807, 2.05) is 0 Å². The summed E-state index contributed by atoms with van der Waals surface area (Å²) < 4.78 is 0. The van der Waals surface area contributed by atoms with E-state index in [-0.39, 0.29) is 11.3 Å². The fourth-order valence-corrected chi connectivity index (χ4v) is 1.13. The molecule has 16 heavy (non-hydrogen) atoms. The number of nitrogen functional groups attached to an aromatic ring is 1. The summed E-state index contributed by atoms with van der Waals surface area (Å²) in [7, 11) is 0. The highest BCUT2D eigenvalue weighted by Gasteiger charge is 2.17. The number of nitrogens with two attached hydrogens (primary N) is 1. The number of carbonyl (C=O) groups is 1. The minimum absolute atomic E-state index is 0.104. The molecule has 4 heteroatoms. The average molecular weight is 221 g/mol. The number of amides is 1. The highest BCUT2D eigenvalue weighted by Crippen LogP contribution is 2.18. The lowest BCUT2D eigenvalue weighted by atomic mass is 9.90. The molecule has 0 atom stereocenters. The SMILES string of the molecule is CCC(C)(C)CNC(=O)c1cnccc1N. The molecule has 0 fully saturated rings. The van der Waals surface area contributed by atoms with Gasteiger partial charge in [0.05, 0.1) is 5.56 Å². The standard InChI is InChI=1S/C12H19N3O/c1-4-12(2,3)8-15-11(16)9-7-14-6-5-10(9)13/h5-7H,4,8H2,1-3H3,(H2,13,14)(H,15,16). The molecule has 0 aromatic carbocycles. The summed E-state index contributed by atoms with van der Waals surface area (Å²) >= 11 is 0. The van der Waals surface area contributed by atoms with Crippen LogP contribution in [0.1, 0.15) is 37.6 Å². The molecule has 1 rings (SSSR count). The molecule has 0 bridgehead atoms. The number of nitrogens with zero attached hydrogens (tertiary/aromatic N) is 1. The number of anilines is 1. The maximum absolute atomic E-state index is 11.8. The van der Waals surface area contributed by atoms with E-state index in [0.717, 1.165) is 6.42 Å². The first-order valence-corrected chi connectivity index (χ1v) is 5.44. The van der Waals surface area contributed by atoms with E-state index in [1.54, 1.807) is 12.3 Å². The van der Waals surface area contributed by atoms with Gasteiger partial charge in [-0.2, -0.15) is 0 Å². The van der Waals surface area contributed by atoms with Gasteiger partial charge in [-0.05, 0) is 17.9 Å². The third-order valence-corrected chi connectivity index (χ3v) is 2.78. The van der Waals surface area contributed by atoms with E-state index in [9.17, 15) is 4.79 Å². The van der Waals surface area contributed by atoms with E-state index in [4.69, 9.17) is 5.73 Å². The quantitative estimate of drug-likeness (QED) is 0.815. The van der Waals surface area contributed by atoms with Crippen LogP contribution in [0.3, 0.4) is 0 Å². The normalized spacial score (nSPS) is 11.2. The van der Waals surface area contributed by atoms with Crippen LogP contribution in [-0.2, 0) is 0 Å². The Morgan fingerprint density at radius 2 is 2.25 bits per heavy atom. The maximum atomic E-state index is 11.8. The molecule has 0 saturated heterocycles. The summed E-state index contributed by atoms with van der Waals surface area (Å²) in [5.41, 5.74) is 6.70. The third kappa shape index (κ3) is 3.22. The molecule has 1 amide bonds. The lowest BCUT2D eigenvalue weighted by Crippen LogP contribution is -2.34. The second-order valence-electron chi connectivity index (χ2n) is 4.66. The number of carbonyl (C=O) groups excluding carboxylic acids is 1. The molecule has 0 spiro atoms. The Kier molecular flexibility index (Phi) is 3.88. The van der Waals surface area contributed by atoms with Gasteiger partial charge in [0, 0.05) is 24.6 Å². The molecule has 88 valence electrons. The van der Waals surface area contributed by atoms with Crippen molar-refractivity contribution >= 4 is 11.6 Å². The number of hydrogen-bond acceptors (Lipinski definition) is 3. The van der Waals surface area contributed by atoms with Crippen LogP contribution < -0.4 is 11.1 Å². The second-order valence-corrected chi connectivity index (χ2v) is 4.66. The predicted molar refractivity (Wildman–Crippen MR) is 65.1 cm³/mol. The number of hydrogen-bond donors (Lipinski definition) is 2. The van der Waals surface area contributed by atoms with Gasteiger partial charge in [0.25, 0.3) is 5.91 Å². The fraction of sp³-hybridized carbons (Fsp3) is 0.500. The highest BCUT2D eigenvalue weighted by molar-refractivity contribution is 5.98. The monoisotopic (exact) mass is 221 g/mol. The zero-order valence-corrected chi connectivity index (χ0v) is 10.1. The Morgan fingerprint density at radius 3 is 2.81 bits per heavy atom. The predicted octanol–water partition coefficient (Wildman–Crippen LogP) is 1.83. The lowest BCUT2D eigenvalue weighted by Gasteiger charge is -2.22. The van der Waals surface area contributed by atoms with Crippen LogP contribution >= 0.6 is 0 Å². The van der Waals surface area contributed by atoms with Crippen molar-refractivity contribution in [1.29, 1.82) is 0 Å². The van der Waals surface area contributed by atoms with Crippen LogP contribution in [0, 0.1) is 5.41 Å². The van der Waals surface area contributed by atoms with Gasteiger partial charge in [-0.15, -0.1) is 0 Å². The number of aromatic nitrogens is 1. The first-order chi connectivity index (χ1) is 7.46. The van der Waals surface area contributed by atoms with Crippen molar-refractivity contribution in [2.45, 2.75) is 27.2 Å². The Balaban J connectivity index is 2.64. The average Bonchev–Trinajstić information content (AvgIpc) is 2.27. The zero-order valence-electron chi connectivity index (χ0n) is 10.1. The van der Waals surface area contributed by atoms with Gasteiger partial charge in [-0.25, -0.2) is 0 Å². The van der Waals surface area contributed by atoms with E-state index < -0.39 is 0 Å². The number of pyridine rings is 1. The first-order valence-electron chi connectivity index (χ1n) is 5.44. The van der Waals surface area contributed by atoms with Crippen LogP contribution in [0.4, 0.5) is 5.69 Å². The molecule has 0 aliphatic carbocycles. The summed E-state index contributed by atoms with van der Waals surface area (Å²) in [6.07, 6.45) is 4.07. The minimum atomic E-state index is -0.160. The summed E-state index contributed by atoms with van der Waals surface area (Å²) in [6.45, 7) is 6.96. The largest absolute Gasteiger partial charge is 0.398 e. The van der Waals surface area contributed by atoms with Crippen molar-refractivity contribution < 1.29 is 4.79 Å². The summed E-state index contributed by atoms with van der Waals surface area (Å²) in [4.78, 5) is 15.7. The van der Waals surface area contributed by atoms with E-state index in [0.29, 0.717) is 17.8 Å². The zero-order chi connectivity index (χ0) is 12.2. The second kappa shape index (κ2) is 4.96. The summed E-state index contributed by atoms with van der Waals surface area (Å²) in [5.74, 6) is -0.160. The maximum Gasteiger partial charge on any atom is 0.254 e. The Bertz CT molecular complexity index is 374. The first kappa shape index (κ1) is 12.5. The van der Waals surface area contributed by atoms with Gasteiger partial charge in [0.15, 0.2) is 0 Å². The van der Waals surface area contributed by atoms with Gasteiger partial charge < -0.3 is 11.1 Å². The van der Waals surface area contributed by atoms with Gasteiger partial charge in [-0.1, -0.05) is 20.8 Å². The van der Waals surface area contributed by atoms with Crippen molar-refractivity contribution in [2.24, 2.45) is 5.41 Å². The van der Waals surface area contributed by atoms with Gasteiger partial charge in [0.1, 0.15) is 0 Å². The molecule has 1 heterocycles. The van der Waals surface area contributed by atoms with Gasteiger partial charge in [-0.3, -0.25) is 9.78 Å². The third-order valence-electron chi connectivity index (χ3n) is 2.78. The van der Waals surface area contributed by atoms with Crippen molar-refractivity contribution in [3.05, 3.63) is 24.0 Å². The molecule has 3 N–H and O–H groups in total.